The fourth-order valence-electron chi connectivity index (χ4n) is 3.96. The third kappa shape index (κ3) is 4.25. The van der Waals surface area contributed by atoms with E-state index in [0.717, 1.165) is 27.6 Å². The number of hydrogen-bond acceptors (Lipinski definition) is 4. The predicted octanol–water partition coefficient (Wildman–Crippen LogP) is 4.53. The summed E-state index contributed by atoms with van der Waals surface area (Å²) in [5.41, 5.74) is 4.96. The van der Waals surface area contributed by atoms with Gasteiger partial charge in [-0.25, -0.2) is 4.68 Å². The lowest BCUT2D eigenvalue weighted by atomic mass is 10.1. The zero-order valence-corrected chi connectivity index (χ0v) is 18.3. The Bertz CT molecular complexity index is 1370. The van der Waals surface area contributed by atoms with Crippen molar-refractivity contribution < 1.29 is 4.79 Å². The van der Waals surface area contributed by atoms with Crippen LogP contribution in [0, 0.1) is 0 Å². The molecule has 0 atom stereocenters. The summed E-state index contributed by atoms with van der Waals surface area (Å²) in [6, 6.07) is 25.9. The maximum atomic E-state index is 13.9. The average molecular weight is 437 g/mol. The number of fused-ring (bicyclic) bond motifs is 1. The smallest absolute Gasteiger partial charge is 0.274 e. The summed E-state index contributed by atoms with van der Waals surface area (Å²) in [6.07, 6.45) is 1.77. The van der Waals surface area contributed by atoms with Gasteiger partial charge in [-0.3, -0.25) is 9.89 Å². The number of hydrogen-bond donors (Lipinski definition) is 1. The van der Waals surface area contributed by atoms with Crippen molar-refractivity contribution in [2.45, 2.75) is 20.0 Å². The van der Waals surface area contributed by atoms with Crippen LogP contribution in [0.2, 0.25) is 0 Å². The summed E-state index contributed by atoms with van der Waals surface area (Å²) < 4.78 is 1.71. The van der Waals surface area contributed by atoms with E-state index in [1.807, 2.05) is 90.7 Å². The number of nitrogens with zero attached hydrogens (tertiary/aromatic N) is 5. The first-order valence-electron chi connectivity index (χ1n) is 11.0. The quantitative estimate of drug-likeness (QED) is 0.406. The number of H-pyrrole nitrogens is 1. The van der Waals surface area contributed by atoms with Gasteiger partial charge < -0.3 is 4.90 Å². The summed E-state index contributed by atoms with van der Waals surface area (Å²) in [7, 11) is 0. The minimum atomic E-state index is -0.0930. The number of nitrogens with one attached hydrogen (secondary N) is 1. The molecule has 164 valence electrons. The van der Waals surface area contributed by atoms with E-state index in [9.17, 15) is 4.79 Å². The minimum absolute atomic E-state index is 0.0930. The molecule has 0 fully saturated rings. The molecule has 0 saturated heterocycles. The number of carbonyl (C=O) groups excluding carboxylic acids is 1. The van der Waals surface area contributed by atoms with Gasteiger partial charge in [0.15, 0.2) is 5.69 Å². The topological polar surface area (TPSA) is 79.7 Å². The Morgan fingerprint density at radius 2 is 1.70 bits per heavy atom. The van der Waals surface area contributed by atoms with Crippen molar-refractivity contribution in [3.63, 3.8) is 0 Å². The molecular weight excluding hydrogens is 412 g/mol. The number of rotatable bonds is 7. The highest BCUT2D eigenvalue weighted by atomic mass is 16.2. The molecule has 0 aliphatic rings. The molecule has 1 amide bonds. The number of aromatic nitrogens is 5. The molecule has 2 aromatic heterocycles. The third-order valence-electron chi connectivity index (χ3n) is 5.71. The van der Waals surface area contributed by atoms with Gasteiger partial charge in [0.25, 0.3) is 5.91 Å². The maximum Gasteiger partial charge on any atom is 0.274 e. The summed E-state index contributed by atoms with van der Waals surface area (Å²) in [6.45, 7) is 3.55. The van der Waals surface area contributed by atoms with Gasteiger partial charge in [-0.15, -0.1) is 5.10 Å². The highest BCUT2D eigenvalue weighted by Crippen LogP contribution is 2.26. The number of carbonyl (C=O) groups is 1. The number of aromatic amines is 1. The molecule has 0 radical (unpaired) electrons. The molecular formula is C26H24N6O. The number of amides is 1. The average Bonchev–Trinajstić information content (AvgIpc) is 3.50. The van der Waals surface area contributed by atoms with Gasteiger partial charge in [0.2, 0.25) is 0 Å². The van der Waals surface area contributed by atoms with Crippen LogP contribution >= 0.6 is 0 Å². The van der Waals surface area contributed by atoms with Gasteiger partial charge in [0, 0.05) is 24.0 Å². The molecule has 0 spiro atoms. The molecule has 0 bridgehead atoms. The molecule has 0 saturated carbocycles. The van der Waals surface area contributed by atoms with Crippen LogP contribution in [-0.2, 0) is 13.1 Å². The van der Waals surface area contributed by atoms with Crippen LogP contribution in [0.3, 0.4) is 0 Å². The van der Waals surface area contributed by atoms with Crippen molar-refractivity contribution in [1.29, 1.82) is 0 Å². The fraction of sp³-hybridized carbons (Fsp3) is 0.154. The second-order valence-electron chi connectivity index (χ2n) is 7.91. The first-order chi connectivity index (χ1) is 16.2. The Hall–Kier alpha value is -4.26. The van der Waals surface area contributed by atoms with Crippen molar-refractivity contribution >= 4 is 16.8 Å². The number of benzene rings is 3. The molecule has 2 heterocycles. The van der Waals surface area contributed by atoms with Crippen LogP contribution in [0.5, 0.6) is 0 Å². The first-order valence-corrected chi connectivity index (χ1v) is 11.0. The van der Waals surface area contributed by atoms with E-state index in [2.05, 4.69) is 20.5 Å². The molecule has 0 aliphatic heterocycles. The van der Waals surface area contributed by atoms with Gasteiger partial charge >= 0.3 is 0 Å². The van der Waals surface area contributed by atoms with E-state index >= 15 is 0 Å². The fourth-order valence-corrected chi connectivity index (χ4v) is 3.96. The van der Waals surface area contributed by atoms with Crippen molar-refractivity contribution in [1.82, 2.24) is 30.1 Å². The van der Waals surface area contributed by atoms with E-state index in [4.69, 9.17) is 0 Å². The van der Waals surface area contributed by atoms with Gasteiger partial charge in [0.1, 0.15) is 5.69 Å². The van der Waals surface area contributed by atoms with E-state index in [1.165, 1.54) is 0 Å². The van der Waals surface area contributed by atoms with E-state index in [0.29, 0.717) is 31.0 Å². The van der Waals surface area contributed by atoms with Gasteiger partial charge in [-0.1, -0.05) is 71.9 Å². The lowest BCUT2D eigenvalue weighted by Gasteiger charge is -2.22. The SMILES string of the molecule is CCN(Cc1ccccc1)C(=O)c1c(-c2ccc3[nH]ncc3c2)nnn1Cc1ccccc1. The third-order valence-corrected chi connectivity index (χ3v) is 5.71. The zero-order chi connectivity index (χ0) is 22.6. The van der Waals surface area contributed by atoms with Crippen LogP contribution in [0.25, 0.3) is 22.2 Å². The maximum absolute atomic E-state index is 13.9. The Balaban J connectivity index is 1.57. The Labute approximate surface area is 191 Å². The highest BCUT2D eigenvalue weighted by Gasteiger charge is 2.26. The summed E-state index contributed by atoms with van der Waals surface area (Å²) in [4.78, 5) is 15.7. The standard InChI is InChI=1S/C26H24N6O/c1-2-31(17-19-9-5-3-6-10-19)26(33)25-24(21-13-14-23-22(15-21)16-27-28-23)29-30-32(25)18-20-11-7-4-8-12-20/h3-16H,2,17-18H2,1H3,(H,27,28). The molecule has 5 aromatic rings. The highest BCUT2D eigenvalue weighted by molar-refractivity contribution is 5.99. The van der Waals surface area contributed by atoms with E-state index < -0.39 is 0 Å². The van der Waals surface area contributed by atoms with Crippen molar-refractivity contribution in [3.8, 4) is 11.3 Å². The lowest BCUT2D eigenvalue weighted by molar-refractivity contribution is 0.0741. The molecule has 0 aliphatic carbocycles. The molecule has 0 unspecified atom stereocenters. The Kier molecular flexibility index (Phi) is 5.68. The van der Waals surface area contributed by atoms with E-state index in [-0.39, 0.29) is 5.91 Å². The Morgan fingerprint density at radius 3 is 2.42 bits per heavy atom. The minimum Gasteiger partial charge on any atom is -0.333 e. The zero-order valence-electron chi connectivity index (χ0n) is 18.3. The lowest BCUT2D eigenvalue weighted by Crippen LogP contribution is -2.32. The van der Waals surface area contributed by atoms with Crippen molar-refractivity contribution in [3.05, 3.63) is 102 Å². The van der Waals surface area contributed by atoms with Gasteiger partial charge in [0.05, 0.1) is 18.3 Å². The Morgan fingerprint density at radius 1 is 0.970 bits per heavy atom. The summed E-state index contributed by atoms with van der Waals surface area (Å²) in [5, 5.41) is 16.9. The second-order valence-corrected chi connectivity index (χ2v) is 7.91. The molecule has 7 nitrogen and oxygen atoms in total. The van der Waals surface area contributed by atoms with Crippen LogP contribution < -0.4 is 0 Å². The first kappa shape index (κ1) is 20.6. The van der Waals surface area contributed by atoms with Crippen molar-refractivity contribution in [2.75, 3.05) is 6.54 Å². The molecule has 7 heteroatoms. The normalized spacial score (nSPS) is 11.1. The molecule has 5 rings (SSSR count). The van der Waals surface area contributed by atoms with Crippen LogP contribution in [0.15, 0.2) is 85.1 Å². The van der Waals surface area contributed by atoms with E-state index in [1.54, 1.807) is 10.9 Å². The van der Waals surface area contributed by atoms with Crippen LogP contribution in [0.1, 0.15) is 28.5 Å². The monoisotopic (exact) mass is 436 g/mol. The molecule has 3 aromatic carbocycles. The van der Waals surface area contributed by atoms with Gasteiger partial charge in [-0.05, 0) is 30.2 Å². The predicted molar refractivity (Wildman–Crippen MR) is 128 cm³/mol. The summed E-state index contributed by atoms with van der Waals surface area (Å²) in [5.74, 6) is -0.0930. The second kappa shape index (κ2) is 9.08. The van der Waals surface area contributed by atoms with Crippen molar-refractivity contribution in [2.24, 2.45) is 0 Å². The molecule has 33 heavy (non-hydrogen) atoms. The van der Waals surface area contributed by atoms with Crippen LogP contribution in [-0.4, -0.2) is 42.5 Å². The molecule has 1 N–H and O–H groups in total. The summed E-state index contributed by atoms with van der Waals surface area (Å²) >= 11 is 0. The largest absolute Gasteiger partial charge is 0.333 e. The van der Waals surface area contributed by atoms with Gasteiger partial charge in [-0.2, -0.15) is 5.10 Å². The van der Waals surface area contributed by atoms with Crippen LogP contribution in [0.4, 0.5) is 0 Å².